The zero-order valence-electron chi connectivity index (χ0n) is 11.2. The summed E-state index contributed by atoms with van der Waals surface area (Å²) in [5.41, 5.74) is 0.832. The number of carbonyl (C=O) groups is 1. The van der Waals surface area contributed by atoms with Crippen molar-refractivity contribution in [1.82, 2.24) is 20.2 Å². The highest BCUT2D eigenvalue weighted by Gasteiger charge is 2.26. The second-order valence-corrected chi connectivity index (χ2v) is 4.67. The first-order valence-electron chi connectivity index (χ1n) is 6.50. The highest BCUT2D eigenvalue weighted by Crippen LogP contribution is 2.14. The van der Waals surface area contributed by atoms with Crippen LogP contribution in [0.3, 0.4) is 0 Å². The summed E-state index contributed by atoms with van der Waals surface area (Å²) in [4.78, 5) is 20.5. The molecule has 2 aromatic heterocycles. The van der Waals surface area contributed by atoms with Gasteiger partial charge in [-0.1, -0.05) is 11.2 Å². The fourth-order valence-corrected chi connectivity index (χ4v) is 2.25. The van der Waals surface area contributed by atoms with E-state index in [2.05, 4.69) is 24.8 Å². The van der Waals surface area contributed by atoms with Crippen LogP contribution in [0.2, 0.25) is 0 Å². The van der Waals surface area contributed by atoms with Gasteiger partial charge >= 0.3 is 0 Å². The molecule has 7 heteroatoms. The highest BCUT2D eigenvalue weighted by molar-refractivity contribution is 5.93. The molecule has 3 heterocycles. The van der Waals surface area contributed by atoms with Gasteiger partial charge in [-0.2, -0.15) is 0 Å². The van der Waals surface area contributed by atoms with Crippen molar-refractivity contribution in [1.29, 1.82) is 0 Å². The van der Waals surface area contributed by atoms with Crippen LogP contribution in [0.1, 0.15) is 16.2 Å². The third-order valence-electron chi connectivity index (χ3n) is 3.40. The first-order chi connectivity index (χ1) is 9.75. The Hall–Kier alpha value is -2.44. The number of aromatic nitrogens is 3. The molecule has 104 valence electrons. The van der Waals surface area contributed by atoms with Gasteiger partial charge in [0.05, 0.1) is 0 Å². The topological polar surface area (TPSA) is 75.4 Å². The maximum atomic E-state index is 12.3. The van der Waals surface area contributed by atoms with Crippen molar-refractivity contribution in [3.05, 3.63) is 35.8 Å². The van der Waals surface area contributed by atoms with Crippen molar-refractivity contribution >= 4 is 11.7 Å². The van der Waals surface area contributed by atoms with Gasteiger partial charge in [0.2, 0.25) is 0 Å². The molecule has 0 bridgehead atoms. The smallest absolute Gasteiger partial charge is 0.278 e. The number of carbonyl (C=O) groups excluding carboxylic acids is 1. The van der Waals surface area contributed by atoms with E-state index in [0.717, 1.165) is 18.9 Å². The second kappa shape index (κ2) is 5.28. The summed E-state index contributed by atoms with van der Waals surface area (Å²) in [6.07, 6.45) is 1.78. The van der Waals surface area contributed by atoms with E-state index in [1.54, 1.807) is 18.0 Å². The Morgan fingerprint density at radius 3 is 2.60 bits per heavy atom. The normalized spacial score (nSPS) is 15.4. The van der Waals surface area contributed by atoms with Gasteiger partial charge in [-0.3, -0.25) is 4.79 Å². The van der Waals surface area contributed by atoms with Crippen molar-refractivity contribution < 1.29 is 9.42 Å². The summed E-state index contributed by atoms with van der Waals surface area (Å²) >= 11 is 0. The number of hydrogen-bond donors (Lipinski definition) is 0. The van der Waals surface area contributed by atoms with Crippen LogP contribution in [-0.2, 0) is 0 Å². The standard InChI is InChI=1S/C13H15N5O2/c1-10-12(16-20-15-10)13(19)18-8-6-17(7-9-18)11-4-2-3-5-14-11/h2-5H,6-9H2,1H3. The van der Waals surface area contributed by atoms with Crippen LogP contribution in [0.15, 0.2) is 29.0 Å². The predicted octanol–water partition coefficient (Wildman–Crippen LogP) is 0.735. The average Bonchev–Trinajstić information content (AvgIpc) is 2.94. The molecule has 0 radical (unpaired) electrons. The van der Waals surface area contributed by atoms with Crippen LogP contribution in [0, 0.1) is 6.92 Å². The van der Waals surface area contributed by atoms with E-state index in [0.29, 0.717) is 24.5 Å². The fraction of sp³-hybridized carbons (Fsp3) is 0.385. The van der Waals surface area contributed by atoms with Crippen LogP contribution in [-0.4, -0.2) is 52.3 Å². The third kappa shape index (κ3) is 2.34. The van der Waals surface area contributed by atoms with Gasteiger partial charge in [0.1, 0.15) is 11.5 Å². The van der Waals surface area contributed by atoms with Crippen molar-refractivity contribution in [2.75, 3.05) is 31.1 Å². The van der Waals surface area contributed by atoms with E-state index in [1.165, 1.54) is 0 Å². The van der Waals surface area contributed by atoms with Gasteiger partial charge in [-0.05, 0) is 24.2 Å². The monoisotopic (exact) mass is 273 g/mol. The summed E-state index contributed by atoms with van der Waals surface area (Å²) in [5, 5.41) is 7.31. The number of aryl methyl sites for hydroxylation is 1. The van der Waals surface area contributed by atoms with Crippen molar-refractivity contribution in [2.24, 2.45) is 0 Å². The molecule has 0 aliphatic carbocycles. The van der Waals surface area contributed by atoms with E-state index < -0.39 is 0 Å². The maximum absolute atomic E-state index is 12.3. The predicted molar refractivity (Wildman–Crippen MR) is 71.4 cm³/mol. The van der Waals surface area contributed by atoms with E-state index in [4.69, 9.17) is 0 Å². The lowest BCUT2D eigenvalue weighted by Crippen LogP contribution is -2.49. The molecular weight excluding hydrogens is 258 g/mol. The fourth-order valence-electron chi connectivity index (χ4n) is 2.25. The number of hydrogen-bond acceptors (Lipinski definition) is 6. The number of pyridine rings is 1. The molecular formula is C13H15N5O2. The number of piperazine rings is 1. The molecule has 1 aliphatic heterocycles. The van der Waals surface area contributed by atoms with Crippen molar-refractivity contribution in [3.8, 4) is 0 Å². The summed E-state index contributed by atoms with van der Waals surface area (Å²) in [7, 11) is 0. The van der Waals surface area contributed by atoms with Gasteiger partial charge in [0.25, 0.3) is 5.91 Å². The van der Waals surface area contributed by atoms with Crippen molar-refractivity contribution in [3.63, 3.8) is 0 Å². The maximum Gasteiger partial charge on any atom is 0.278 e. The van der Waals surface area contributed by atoms with Gasteiger partial charge in [0.15, 0.2) is 5.69 Å². The van der Waals surface area contributed by atoms with Gasteiger partial charge in [0, 0.05) is 32.4 Å². The van der Waals surface area contributed by atoms with Crippen LogP contribution in [0.4, 0.5) is 5.82 Å². The molecule has 7 nitrogen and oxygen atoms in total. The zero-order chi connectivity index (χ0) is 13.9. The molecule has 0 aromatic carbocycles. The summed E-state index contributed by atoms with van der Waals surface area (Å²) in [6.45, 7) is 4.51. The van der Waals surface area contributed by atoms with Crippen LogP contribution < -0.4 is 4.90 Å². The summed E-state index contributed by atoms with van der Waals surface area (Å²) < 4.78 is 4.58. The first kappa shape index (κ1) is 12.6. The van der Waals surface area contributed by atoms with Gasteiger partial charge < -0.3 is 9.80 Å². The quantitative estimate of drug-likeness (QED) is 0.803. The number of nitrogens with zero attached hydrogens (tertiary/aromatic N) is 5. The van der Waals surface area contributed by atoms with E-state index in [9.17, 15) is 4.79 Å². The van der Waals surface area contributed by atoms with E-state index in [-0.39, 0.29) is 5.91 Å². The third-order valence-corrected chi connectivity index (χ3v) is 3.40. The summed E-state index contributed by atoms with van der Waals surface area (Å²) in [5.74, 6) is 0.823. The molecule has 20 heavy (non-hydrogen) atoms. The Kier molecular flexibility index (Phi) is 3.32. The molecule has 0 atom stereocenters. The molecule has 0 unspecified atom stereocenters. The minimum Gasteiger partial charge on any atom is -0.353 e. The van der Waals surface area contributed by atoms with E-state index in [1.807, 2.05) is 18.2 Å². The molecule has 1 fully saturated rings. The second-order valence-electron chi connectivity index (χ2n) is 4.67. The van der Waals surface area contributed by atoms with Gasteiger partial charge in [-0.15, -0.1) is 0 Å². The lowest BCUT2D eigenvalue weighted by atomic mass is 10.2. The average molecular weight is 273 g/mol. The Bertz CT molecular complexity index is 590. The van der Waals surface area contributed by atoms with Crippen molar-refractivity contribution in [2.45, 2.75) is 6.92 Å². The molecule has 1 aliphatic rings. The number of anilines is 1. The molecule has 2 aromatic rings. The van der Waals surface area contributed by atoms with Crippen LogP contribution >= 0.6 is 0 Å². The van der Waals surface area contributed by atoms with Gasteiger partial charge in [-0.25, -0.2) is 9.61 Å². The Labute approximate surface area is 116 Å². The lowest BCUT2D eigenvalue weighted by molar-refractivity contribution is 0.0735. The number of amides is 1. The van der Waals surface area contributed by atoms with Crippen LogP contribution in [0.25, 0.3) is 0 Å². The first-order valence-corrected chi connectivity index (χ1v) is 6.50. The molecule has 1 amide bonds. The molecule has 0 N–H and O–H groups in total. The Balaban J connectivity index is 1.64. The van der Waals surface area contributed by atoms with E-state index >= 15 is 0 Å². The lowest BCUT2D eigenvalue weighted by Gasteiger charge is -2.35. The summed E-state index contributed by atoms with van der Waals surface area (Å²) in [6, 6.07) is 5.83. The zero-order valence-corrected chi connectivity index (χ0v) is 11.2. The Morgan fingerprint density at radius 2 is 2.00 bits per heavy atom. The molecule has 3 rings (SSSR count). The van der Waals surface area contributed by atoms with Crippen LogP contribution in [0.5, 0.6) is 0 Å². The molecule has 1 saturated heterocycles. The minimum absolute atomic E-state index is 0.121. The Morgan fingerprint density at radius 1 is 1.20 bits per heavy atom. The number of rotatable bonds is 2. The highest BCUT2D eigenvalue weighted by atomic mass is 16.6. The molecule has 0 spiro atoms. The SMILES string of the molecule is Cc1nonc1C(=O)N1CCN(c2ccccn2)CC1. The minimum atomic E-state index is -0.121. The molecule has 0 saturated carbocycles. The largest absolute Gasteiger partial charge is 0.353 e.